The molecule has 15 heavy (non-hydrogen) atoms. The fraction of sp³-hybridized carbons (Fsp3) is 0.333. The number of likely N-dealkylation sites (tertiary alicyclic amines) is 1. The van der Waals surface area contributed by atoms with Crippen molar-refractivity contribution < 1.29 is 9.59 Å². The van der Waals surface area contributed by atoms with Crippen LogP contribution in [0, 0.1) is 5.92 Å². The molecule has 0 aliphatic carbocycles. The van der Waals surface area contributed by atoms with Gasteiger partial charge in [0.1, 0.15) is 5.92 Å². The van der Waals surface area contributed by atoms with Crippen LogP contribution in [0.15, 0.2) is 30.3 Å². The summed E-state index contributed by atoms with van der Waals surface area (Å²) in [6.07, 6.45) is 0.642. The minimum absolute atomic E-state index is 0.0510. The van der Waals surface area contributed by atoms with Gasteiger partial charge in [-0.15, -0.1) is 0 Å². The van der Waals surface area contributed by atoms with Gasteiger partial charge in [0.25, 0.3) is 0 Å². The summed E-state index contributed by atoms with van der Waals surface area (Å²) >= 11 is 0. The first-order chi connectivity index (χ1) is 7.20. The Morgan fingerprint density at radius 3 is 2.53 bits per heavy atom. The van der Waals surface area contributed by atoms with E-state index in [4.69, 9.17) is 0 Å². The van der Waals surface area contributed by atoms with Crippen molar-refractivity contribution in [2.45, 2.75) is 6.42 Å². The molecule has 0 unspecified atom stereocenters. The highest BCUT2D eigenvalue weighted by atomic mass is 16.2. The van der Waals surface area contributed by atoms with E-state index in [1.807, 2.05) is 18.2 Å². The molecule has 0 aromatic heterocycles. The SMILES string of the molecule is CN1CC[C@H](C(=O)c2ccccc2)C1=O. The molecule has 1 heterocycles. The molecule has 1 fully saturated rings. The molecule has 2 rings (SSSR count). The normalized spacial score (nSPS) is 20.7. The third-order valence-corrected chi connectivity index (χ3v) is 2.80. The largest absolute Gasteiger partial charge is 0.345 e. The second kappa shape index (κ2) is 3.85. The summed E-state index contributed by atoms with van der Waals surface area (Å²) in [5.41, 5.74) is 0.631. The maximum absolute atomic E-state index is 12.0. The van der Waals surface area contributed by atoms with Crippen molar-refractivity contribution in [3.05, 3.63) is 35.9 Å². The lowest BCUT2D eigenvalue weighted by Crippen LogP contribution is -2.27. The zero-order chi connectivity index (χ0) is 10.8. The summed E-state index contributed by atoms with van der Waals surface area (Å²) in [6.45, 7) is 0.683. The van der Waals surface area contributed by atoms with E-state index >= 15 is 0 Å². The third-order valence-electron chi connectivity index (χ3n) is 2.80. The summed E-state index contributed by atoms with van der Waals surface area (Å²) in [5, 5.41) is 0. The number of hydrogen-bond acceptors (Lipinski definition) is 2. The van der Waals surface area contributed by atoms with Gasteiger partial charge in [0.05, 0.1) is 0 Å². The van der Waals surface area contributed by atoms with Crippen molar-refractivity contribution in [1.82, 2.24) is 4.90 Å². The molecule has 0 spiro atoms. The Balaban J connectivity index is 2.20. The quantitative estimate of drug-likeness (QED) is 0.537. The van der Waals surface area contributed by atoms with Crippen molar-refractivity contribution in [3.63, 3.8) is 0 Å². The van der Waals surface area contributed by atoms with Gasteiger partial charge in [0, 0.05) is 19.2 Å². The van der Waals surface area contributed by atoms with Gasteiger partial charge < -0.3 is 4.90 Å². The molecule has 78 valence electrons. The Morgan fingerprint density at radius 2 is 2.00 bits per heavy atom. The first-order valence-electron chi connectivity index (χ1n) is 5.04. The second-order valence-corrected chi connectivity index (χ2v) is 3.83. The first-order valence-corrected chi connectivity index (χ1v) is 5.04. The van der Waals surface area contributed by atoms with Gasteiger partial charge in [0.2, 0.25) is 5.91 Å². The Kier molecular flexibility index (Phi) is 2.54. The number of nitrogens with zero attached hydrogens (tertiary/aromatic N) is 1. The monoisotopic (exact) mass is 203 g/mol. The van der Waals surface area contributed by atoms with Crippen molar-refractivity contribution in [1.29, 1.82) is 0 Å². The van der Waals surface area contributed by atoms with E-state index < -0.39 is 5.92 Å². The highest BCUT2D eigenvalue weighted by molar-refractivity contribution is 6.10. The Labute approximate surface area is 88.7 Å². The molecular weight excluding hydrogens is 190 g/mol. The highest BCUT2D eigenvalue weighted by Crippen LogP contribution is 2.20. The molecule has 1 atom stereocenters. The van der Waals surface area contributed by atoms with E-state index in [2.05, 4.69) is 0 Å². The molecule has 3 heteroatoms. The summed E-state index contributed by atoms with van der Waals surface area (Å²) in [4.78, 5) is 25.2. The van der Waals surface area contributed by atoms with Crippen molar-refractivity contribution in [3.8, 4) is 0 Å². The second-order valence-electron chi connectivity index (χ2n) is 3.83. The van der Waals surface area contributed by atoms with Crippen LogP contribution in [0.4, 0.5) is 0 Å². The van der Waals surface area contributed by atoms with Crippen LogP contribution in [0.5, 0.6) is 0 Å². The predicted molar refractivity (Wildman–Crippen MR) is 56.5 cm³/mol. The van der Waals surface area contributed by atoms with Gasteiger partial charge in [-0.25, -0.2) is 0 Å². The van der Waals surface area contributed by atoms with Gasteiger partial charge in [-0.2, -0.15) is 0 Å². The van der Waals surface area contributed by atoms with Crippen LogP contribution in [0.2, 0.25) is 0 Å². The molecule has 1 amide bonds. The average molecular weight is 203 g/mol. The molecule has 0 radical (unpaired) electrons. The number of Topliss-reactive ketones (excluding diaryl/α,β-unsaturated/α-hetero) is 1. The van der Waals surface area contributed by atoms with Gasteiger partial charge in [0.15, 0.2) is 5.78 Å². The molecular formula is C12H13NO2. The molecule has 1 aromatic carbocycles. The van der Waals surface area contributed by atoms with E-state index in [1.54, 1.807) is 24.1 Å². The van der Waals surface area contributed by atoms with E-state index in [0.29, 0.717) is 18.5 Å². The van der Waals surface area contributed by atoms with Crippen LogP contribution in [0.3, 0.4) is 0 Å². The van der Waals surface area contributed by atoms with Crippen LogP contribution in [0.25, 0.3) is 0 Å². The lowest BCUT2D eigenvalue weighted by Gasteiger charge is -2.09. The first kappa shape index (κ1) is 9.90. The van der Waals surface area contributed by atoms with Crippen molar-refractivity contribution in [2.24, 2.45) is 5.92 Å². The lowest BCUT2D eigenvalue weighted by atomic mass is 9.96. The molecule has 1 aromatic rings. The smallest absolute Gasteiger partial charge is 0.233 e. The lowest BCUT2D eigenvalue weighted by molar-refractivity contribution is -0.128. The highest BCUT2D eigenvalue weighted by Gasteiger charge is 2.34. The summed E-state index contributed by atoms with van der Waals surface area (Å²) in [7, 11) is 1.74. The third kappa shape index (κ3) is 1.77. The summed E-state index contributed by atoms with van der Waals surface area (Å²) in [5.74, 6) is -0.564. The number of carbonyl (C=O) groups excluding carboxylic acids is 2. The Hall–Kier alpha value is -1.64. The van der Waals surface area contributed by atoms with E-state index in [0.717, 1.165) is 0 Å². The van der Waals surface area contributed by atoms with E-state index in [1.165, 1.54) is 0 Å². The van der Waals surface area contributed by atoms with Gasteiger partial charge in [-0.05, 0) is 6.42 Å². The van der Waals surface area contributed by atoms with Crippen molar-refractivity contribution in [2.75, 3.05) is 13.6 Å². The van der Waals surface area contributed by atoms with E-state index in [-0.39, 0.29) is 11.7 Å². The Morgan fingerprint density at radius 1 is 1.33 bits per heavy atom. The molecule has 0 saturated carbocycles. The van der Waals surface area contributed by atoms with Gasteiger partial charge in [-0.3, -0.25) is 9.59 Å². The predicted octanol–water partition coefficient (Wildman–Crippen LogP) is 1.35. The Bertz CT molecular complexity index is 386. The van der Waals surface area contributed by atoms with Crippen LogP contribution in [-0.4, -0.2) is 30.2 Å². The fourth-order valence-corrected chi connectivity index (χ4v) is 1.87. The van der Waals surface area contributed by atoms with Crippen LogP contribution in [0.1, 0.15) is 16.8 Å². The number of carbonyl (C=O) groups is 2. The number of rotatable bonds is 2. The maximum Gasteiger partial charge on any atom is 0.233 e. The minimum Gasteiger partial charge on any atom is -0.345 e. The molecule has 0 bridgehead atoms. The maximum atomic E-state index is 12.0. The summed E-state index contributed by atoms with van der Waals surface area (Å²) in [6, 6.07) is 9.01. The number of amides is 1. The standard InChI is InChI=1S/C12H13NO2/c1-13-8-7-10(12(13)15)11(14)9-5-3-2-4-6-9/h2-6,10H,7-8H2,1H3/t10-/m1/s1. The van der Waals surface area contributed by atoms with Crippen LogP contribution < -0.4 is 0 Å². The molecule has 0 N–H and O–H groups in total. The minimum atomic E-state index is -0.461. The van der Waals surface area contributed by atoms with Gasteiger partial charge in [-0.1, -0.05) is 30.3 Å². The number of benzene rings is 1. The number of hydrogen-bond donors (Lipinski definition) is 0. The van der Waals surface area contributed by atoms with Crippen LogP contribution >= 0.6 is 0 Å². The fourth-order valence-electron chi connectivity index (χ4n) is 1.87. The molecule has 3 nitrogen and oxygen atoms in total. The van der Waals surface area contributed by atoms with Crippen molar-refractivity contribution >= 4 is 11.7 Å². The molecule has 1 aliphatic rings. The van der Waals surface area contributed by atoms with E-state index in [9.17, 15) is 9.59 Å². The molecule has 1 aliphatic heterocycles. The zero-order valence-corrected chi connectivity index (χ0v) is 8.64. The number of ketones is 1. The average Bonchev–Trinajstić information content (AvgIpc) is 2.60. The zero-order valence-electron chi connectivity index (χ0n) is 8.64. The summed E-state index contributed by atoms with van der Waals surface area (Å²) < 4.78 is 0. The van der Waals surface area contributed by atoms with Gasteiger partial charge >= 0.3 is 0 Å². The molecule has 1 saturated heterocycles. The van der Waals surface area contributed by atoms with Crippen LogP contribution in [-0.2, 0) is 4.79 Å². The topological polar surface area (TPSA) is 37.4 Å².